The van der Waals surface area contributed by atoms with Crippen LogP contribution in [-0.4, -0.2) is 5.97 Å². The summed E-state index contributed by atoms with van der Waals surface area (Å²) in [5.41, 5.74) is 2.16. The van der Waals surface area contributed by atoms with Crippen molar-refractivity contribution in [1.29, 1.82) is 0 Å². The highest BCUT2D eigenvalue weighted by molar-refractivity contribution is 9.10. The number of benzene rings is 1. The molecule has 0 aliphatic rings. The molecule has 1 aromatic rings. The lowest BCUT2D eigenvalue weighted by atomic mass is 10.1. The first-order chi connectivity index (χ1) is 7.04. The number of hydrogen-bond acceptors (Lipinski definition) is 2. The molecule has 0 fully saturated rings. The Balaban J connectivity index is 2.83. The quantitative estimate of drug-likeness (QED) is 0.618. The van der Waals surface area contributed by atoms with Crippen molar-refractivity contribution in [3.63, 3.8) is 0 Å². The first kappa shape index (κ1) is 12.2. The molecule has 2 nitrogen and oxygen atoms in total. The van der Waals surface area contributed by atoms with Crippen LogP contribution in [0.2, 0.25) is 0 Å². The molecule has 0 saturated carbocycles. The molecule has 0 radical (unpaired) electrons. The summed E-state index contributed by atoms with van der Waals surface area (Å²) in [5.74, 6) is 0.463. The minimum absolute atomic E-state index is 0.168. The maximum Gasteiger partial charge on any atom is 0.311 e. The van der Waals surface area contributed by atoms with Crippen LogP contribution in [0.15, 0.2) is 16.6 Å². The van der Waals surface area contributed by atoms with Crippen molar-refractivity contribution in [3.8, 4) is 5.75 Å². The van der Waals surface area contributed by atoms with Crippen molar-refractivity contribution in [3.05, 3.63) is 27.7 Å². The van der Waals surface area contributed by atoms with Gasteiger partial charge in [-0.3, -0.25) is 4.79 Å². The number of ether oxygens (including phenoxy) is 1. The summed E-state index contributed by atoms with van der Waals surface area (Å²) in [5, 5.41) is 0. The molecule has 0 spiro atoms. The normalized spacial score (nSPS) is 10.1. The molecule has 0 bridgehead atoms. The molecule has 1 rings (SSSR count). The van der Waals surface area contributed by atoms with Crippen molar-refractivity contribution in [2.24, 2.45) is 0 Å². The Bertz CT molecular complexity index is 349. The molecule has 0 aliphatic heterocycles. The molecule has 3 heteroatoms. The summed E-state index contributed by atoms with van der Waals surface area (Å²) in [4.78, 5) is 11.3. The number of carbonyl (C=O) groups excluding carboxylic acids is 1. The predicted molar refractivity (Wildman–Crippen MR) is 64.2 cm³/mol. The zero-order valence-corrected chi connectivity index (χ0v) is 10.8. The molecular formula is C12H15BrO2. The molecule has 0 aromatic heterocycles. The van der Waals surface area contributed by atoms with Crippen molar-refractivity contribution < 1.29 is 9.53 Å². The average molecular weight is 271 g/mol. The summed E-state index contributed by atoms with van der Waals surface area (Å²) in [6, 6.07) is 3.73. The van der Waals surface area contributed by atoms with Gasteiger partial charge in [-0.05, 0) is 43.5 Å². The van der Waals surface area contributed by atoms with E-state index in [0.29, 0.717) is 12.2 Å². The van der Waals surface area contributed by atoms with Crippen molar-refractivity contribution in [2.45, 2.75) is 33.6 Å². The van der Waals surface area contributed by atoms with Crippen LogP contribution in [0.3, 0.4) is 0 Å². The highest BCUT2D eigenvalue weighted by Crippen LogP contribution is 2.26. The molecule has 0 heterocycles. The summed E-state index contributed by atoms with van der Waals surface area (Å²) in [6.45, 7) is 5.92. The summed E-state index contributed by atoms with van der Waals surface area (Å²) in [7, 11) is 0. The van der Waals surface area contributed by atoms with Gasteiger partial charge in [0.15, 0.2) is 0 Å². The first-order valence-electron chi connectivity index (χ1n) is 5.02. The summed E-state index contributed by atoms with van der Waals surface area (Å²) in [6.07, 6.45) is 1.28. The highest BCUT2D eigenvalue weighted by atomic mass is 79.9. The van der Waals surface area contributed by atoms with E-state index in [0.717, 1.165) is 22.0 Å². The van der Waals surface area contributed by atoms with Gasteiger partial charge in [0.25, 0.3) is 0 Å². The Labute approximate surface area is 98.8 Å². The second kappa shape index (κ2) is 5.31. The lowest BCUT2D eigenvalue weighted by Gasteiger charge is -2.08. The molecule has 0 N–H and O–H groups in total. The van der Waals surface area contributed by atoms with Gasteiger partial charge in [0.2, 0.25) is 0 Å². The Hall–Kier alpha value is -0.830. The SMILES string of the molecule is CCCC(=O)Oc1cc(C)c(Br)c(C)c1. The minimum Gasteiger partial charge on any atom is -0.427 e. The molecule has 0 saturated heterocycles. The topological polar surface area (TPSA) is 26.3 Å². The number of hydrogen-bond donors (Lipinski definition) is 0. The van der Waals surface area contributed by atoms with Crippen LogP contribution in [0.5, 0.6) is 5.75 Å². The van der Waals surface area contributed by atoms with Gasteiger partial charge in [-0.1, -0.05) is 22.9 Å². The van der Waals surface area contributed by atoms with Crippen molar-refractivity contribution in [1.82, 2.24) is 0 Å². The predicted octanol–water partition coefficient (Wildman–Crippen LogP) is 3.77. The smallest absolute Gasteiger partial charge is 0.311 e. The maximum atomic E-state index is 11.3. The Morgan fingerprint density at radius 1 is 1.33 bits per heavy atom. The van der Waals surface area contributed by atoms with Crippen LogP contribution in [0.25, 0.3) is 0 Å². The van der Waals surface area contributed by atoms with E-state index in [1.54, 1.807) is 0 Å². The maximum absolute atomic E-state index is 11.3. The molecule has 1 aromatic carbocycles. The van der Waals surface area contributed by atoms with Crippen molar-refractivity contribution >= 4 is 21.9 Å². The molecular weight excluding hydrogens is 256 g/mol. The van der Waals surface area contributed by atoms with Crippen LogP contribution in [0.4, 0.5) is 0 Å². The van der Waals surface area contributed by atoms with Gasteiger partial charge in [-0.15, -0.1) is 0 Å². The second-order valence-corrected chi connectivity index (χ2v) is 4.39. The lowest BCUT2D eigenvalue weighted by molar-refractivity contribution is -0.134. The largest absolute Gasteiger partial charge is 0.427 e. The molecule has 0 unspecified atom stereocenters. The van der Waals surface area contributed by atoms with E-state index in [1.165, 1.54) is 0 Å². The number of halogens is 1. The lowest BCUT2D eigenvalue weighted by Crippen LogP contribution is -2.07. The van der Waals surface area contributed by atoms with Crippen molar-refractivity contribution in [2.75, 3.05) is 0 Å². The second-order valence-electron chi connectivity index (χ2n) is 3.60. The minimum atomic E-state index is -0.168. The number of esters is 1. The van der Waals surface area contributed by atoms with Crippen LogP contribution in [0, 0.1) is 13.8 Å². The van der Waals surface area contributed by atoms with Crippen LogP contribution in [0.1, 0.15) is 30.9 Å². The monoisotopic (exact) mass is 270 g/mol. The standard InChI is InChI=1S/C12H15BrO2/c1-4-5-11(14)15-10-6-8(2)12(13)9(3)7-10/h6-7H,4-5H2,1-3H3. The van der Waals surface area contributed by atoms with Gasteiger partial charge in [-0.2, -0.15) is 0 Å². The fraction of sp³-hybridized carbons (Fsp3) is 0.417. The van der Waals surface area contributed by atoms with Gasteiger partial charge < -0.3 is 4.74 Å². The third-order valence-electron chi connectivity index (χ3n) is 2.10. The highest BCUT2D eigenvalue weighted by Gasteiger charge is 2.06. The van der Waals surface area contributed by atoms with Gasteiger partial charge in [0.1, 0.15) is 5.75 Å². The molecule has 0 aliphatic carbocycles. The fourth-order valence-electron chi connectivity index (χ4n) is 1.35. The van der Waals surface area contributed by atoms with Crippen LogP contribution < -0.4 is 4.74 Å². The zero-order chi connectivity index (χ0) is 11.4. The zero-order valence-electron chi connectivity index (χ0n) is 9.26. The Morgan fingerprint density at radius 3 is 2.33 bits per heavy atom. The molecule has 82 valence electrons. The van der Waals surface area contributed by atoms with E-state index in [4.69, 9.17) is 4.74 Å². The van der Waals surface area contributed by atoms with Crippen LogP contribution in [-0.2, 0) is 4.79 Å². The van der Waals surface area contributed by atoms with Gasteiger partial charge >= 0.3 is 5.97 Å². The number of rotatable bonds is 3. The molecule has 15 heavy (non-hydrogen) atoms. The summed E-state index contributed by atoms with van der Waals surface area (Å²) >= 11 is 3.47. The summed E-state index contributed by atoms with van der Waals surface area (Å²) < 4.78 is 6.28. The molecule has 0 atom stereocenters. The Morgan fingerprint density at radius 2 is 1.87 bits per heavy atom. The van der Waals surface area contributed by atoms with Gasteiger partial charge in [-0.25, -0.2) is 0 Å². The first-order valence-corrected chi connectivity index (χ1v) is 5.81. The molecule has 0 amide bonds. The third-order valence-corrected chi connectivity index (χ3v) is 3.35. The van der Waals surface area contributed by atoms with Gasteiger partial charge in [0.05, 0.1) is 0 Å². The fourth-order valence-corrected chi connectivity index (χ4v) is 1.58. The third kappa shape index (κ3) is 3.34. The Kier molecular flexibility index (Phi) is 4.33. The van der Waals surface area contributed by atoms with E-state index < -0.39 is 0 Å². The van der Waals surface area contributed by atoms with E-state index in [9.17, 15) is 4.79 Å². The van der Waals surface area contributed by atoms with E-state index in [-0.39, 0.29) is 5.97 Å². The van der Waals surface area contributed by atoms with Gasteiger partial charge in [0, 0.05) is 10.9 Å². The van der Waals surface area contributed by atoms with Crippen LogP contribution >= 0.6 is 15.9 Å². The van der Waals surface area contributed by atoms with E-state index in [2.05, 4.69) is 15.9 Å². The number of aryl methyl sites for hydroxylation is 2. The average Bonchev–Trinajstić information content (AvgIpc) is 2.14. The van der Waals surface area contributed by atoms with E-state index >= 15 is 0 Å². The van der Waals surface area contributed by atoms with E-state index in [1.807, 2.05) is 32.9 Å². The number of carbonyl (C=O) groups is 1.